The highest BCUT2D eigenvalue weighted by Crippen LogP contribution is 2.31. The lowest BCUT2D eigenvalue weighted by Gasteiger charge is -2.10. The summed E-state index contributed by atoms with van der Waals surface area (Å²) in [4.78, 5) is 15.2. The fourth-order valence-electron chi connectivity index (χ4n) is 1.26. The SMILES string of the molecule is CCOC(=O)Cc1nc(I)cc(Br)c1C(F)F. The normalized spacial score (nSPS) is 10.7. The molecular formula is C10H9BrF2INO2. The first-order chi connectivity index (χ1) is 7.95. The number of rotatable bonds is 4. The largest absolute Gasteiger partial charge is 0.466 e. The van der Waals surface area contributed by atoms with Crippen molar-refractivity contribution in [3.63, 3.8) is 0 Å². The summed E-state index contributed by atoms with van der Waals surface area (Å²) in [5.74, 6) is -0.559. The minimum absolute atomic E-state index is 0.0530. The Balaban J connectivity index is 3.08. The fourth-order valence-corrected chi connectivity index (χ4v) is 2.90. The van der Waals surface area contributed by atoms with E-state index in [-0.39, 0.29) is 28.8 Å². The Morgan fingerprint density at radius 1 is 1.65 bits per heavy atom. The number of hydrogen-bond acceptors (Lipinski definition) is 3. The van der Waals surface area contributed by atoms with E-state index >= 15 is 0 Å². The molecule has 0 radical (unpaired) electrons. The molecule has 0 unspecified atom stereocenters. The maximum Gasteiger partial charge on any atom is 0.311 e. The number of hydrogen-bond donors (Lipinski definition) is 0. The van der Waals surface area contributed by atoms with Gasteiger partial charge < -0.3 is 4.74 Å². The van der Waals surface area contributed by atoms with Crippen LogP contribution in [0.1, 0.15) is 24.6 Å². The summed E-state index contributed by atoms with van der Waals surface area (Å²) < 4.78 is 31.2. The van der Waals surface area contributed by atoms with Gasteiger partial charge in [0.1, 0.15) is 3.70 Å². The van der Waals surface area contributed by atoms with Crippen molar-refractivity contribution >= 4 is 44.5 Å². The molecule has 1 aromatic heterocycles. The van der Waals surface area contributed by atoms with E-state index in [1.54, 1.807) is 6.92 Å². The van der Waals surface area contributed by atoms with Crippen LogP contribution in [0.15, 0.2) is 10.5 Å². The second-order valence-corrected chi connectivity index (χ2v) is 5.03. The molecule has 0 atom stereocenters. The molecule has 1 rings (SSSR count). The number of halogens is 4. The van der Waals surface area contributed by atoms with E-state index < -0.39 is 12.4 Å². The number of carbonyl (C=O) groups excluding carboxylic acids is 1. The summed E-state index contributed by atoms with van der Waals surface area (Å²) in [5.41, 5.74) is -0.198. The Bertz CT molecular complexity index is 429. The first-order valence-electron chi connectivity index (χ1n) is 4.74. The van der Waals surface area contributed by atoms with Gasteiger partial charge in [-0.05, 0) is 35.6 Å². The molecule has 3 nitrogen and oxygen atoms in total. The zero-order valence-electron chi connectivity index (χ0n) is 8.84. The van der Waals surface area contributed by atoms with Gasteiger partial charge in [0.05, 0.1) is 24.3 Å². The van der Waals surface area contributed by atoms with E-state index in [1.807, 2.05) is 22.6 Å². The number of pyridine rings is 1. The Morgan fingerprint density at radius 2 is 2.29 bits per heavy atom. The van der Waals surface area contributed by atoms with Gasteiger partial charge >= 0.3 is 5.97 Å². The van der Waals surface area contributed by atoms with Crippen molar-refractivity contribution in [2.75, 3.05) is 6.61 Å². The summed E-state index contributed by atoms with van der Waals surface area (Å²) in [5, 5.41) is 0. The second-order valence-electron chi connectivity index (χ2n) is 3.07. The lowest BCUT2D eigenvalue weighted by Crippen LogP contribution is -2.12. The second kappa shape index (κ2) is 6.58. The Labute approximate surface area is 119 Å². The molecule has 0 saturated carbocycles. The minimum Gasteiger partial charge on any atom is -0.466 e. The predicted octanol–water partition coefficient (Wildman–Crippen LogP) is 3.49. The summed E-state index contributed by atoms with van der Waals surface area (Å²) in [7, 11) is 0. The molecule has 94 valence electrons. The third-order valence-electron chi connectivity index (χ3n) is 1.89. The van der Waals surface area contributed by atoms with Crippen LogP contribution < -0.4 is 0 Å². The van der Waals surface area contributed by atoms with E-state index in [1.165, 1.54) is 6.07 Å². The number of nitrogens with zero attached hydrogens (tertiary/aromatic N) is 1. The molecule has 1 aromatic rings. The molecule has 17 heavy (non-hydrogen) atoms. The van der Waals surface area contributed by atoms with Crippen molar-refractivity contribution in [3.05, 3.63) is 25.5 Å². The number of alkyl halides is 2. The third-order valence-corrected chi connectivity index (χ3v) is 3.10. The van der Waals surface area contributed by atoms with E-state index in [2.05, 4.69) is 20.9 Å². The molecule has 0 bridgehead atoms. The highest BCUT2D eigenvalue weighted by atomic mass is 127. The fraction of sp³-hybridized carbons (Fsp3) is 0.400. The highest BCUT2D eigenvalue weighted by Gasteiger charge is 2.21. The molecule has 0 N–H and O–H groups in total. The molecule has 0 fully saturated rings. The maximum atomic E-state index is 12.8. The van der Waals surface area contributed by atoms with Gasteiger partial charge in [-0.25, -0.2) is 13.8 Å². The number of esters is 1. The number of carbonyl (C=O) groups is 1. The molecule has 0 aliphatic heterocycles. The first kappa shape index (κ1) is 14.7. The summed E-state index contributed by atoms with van der Waals surface area (Å²) >= 11 is 4.95. The van der Waals surface area contributed by atoms with Gasteiger partial charge in [-0.3, -0.25) is 4.79 Å². The highest BCUT2D eigenvalue weighted by molar-refractivity contribution is 14.1. The van der Waals surface area contributed by atoms with Crippen molar-refractivity contribution in [2.24, 2.45) is 0 Å². The van der Waals surface area contributed by atoms with Crippen molar-refractivity contribution in [3.8, 4) is 0 Å². The number of aromatic nitrogens is 1. The Kier molecular flexibility index (Phi) is 5.71. The number of ether oxygens (including phenoxy) is 1. The van der Waals surface area contributed by atoms with Crippen molar-refractivity contribution in [2.45, 2.75) is 19.8 Å². The van der Waals surface area contributed by atoms with Crippen LogP contribution in [0.2, 0.25) is 0 Å². The average molecular weight is 420 g/mol. The molecule has 0 saturated heterocycles. The molecule has 0 amide bonds. The Morgan fingerprint density at radius 3 is 2.82 bits per heavy atom. The maximum absolute atomic E-state index is 12.8. The van der Waals surface area contributed by atoms with Gasteiger partial charge in [-0.2, -0.15) is 0 Å². The van der Waals surface area contributed by atoms with Gasteiger partial charge in [-0.15, -0.1) is 0 Å². The molecule has 7 heteroatoms. The van der Waals surface area contributed by atoms with Crippen LogP contribution in [0.3, 0.4) is 0 Å². The van der Waals surface area contributed by atoms with Crippen molar-refractivity contribution < 1.29 is 18.3 Å². The van der Waals surface area contributed by atoms with E-state index in [4.69, 9.17) is 4.74 Å². The summed E-state index contributed by atoms with van der Waals surface area (Å²) in [6.07, 6.45) is -2.93. The predicted molar refractivity (Wildman–Crippen MR) is 69.9 cm³/mol. The molecule has 0 aromatic carbocycles. The molecule has 0 aliphatic carbocycles. The van der Waals surface area contributed by atoms with Crippen LogP contribution in [0.5, 0.6) is 0 Å². The molecule has 0 aliphatic rings. The molecular weight excluding hydrogens is 411 g/mol. The van der Waals surface area contributed by atoms with E-state index in [0.29, 0.717) is 3.70 Å². The van der Waals surface area contributed by atoms with Gasteiger partial charge in [0.15, 0.2) is 0 Å². The van der Waals surface area contributed by atoms with Gasteiger partial charge in [0.2, 0.25) is 0 Å². The molecule has 0 spiro atoms. The standard InChI is InChI=1S/C10H9BrF2INO2/c1-2-17-8(16)4-6-9(10(12)13)5(11)3-7(14)15-6/h3,10H,2,4H2,1H3. The van der Waals surface area contributed by atoms with Crippen LogP contribution in [-0.4, -0.2) is 17.6 Å². The van der Waals surface area contributed by atoms with Crippen molar-refractivity contribution in [1.82, 2.24) is 4.98 Å². The van der Waals surface area contributed by atoms with Gasteiger partial charge in [-0.1, -0.05) is 15.9 Å². The lowest BCUT2D eigenvalue weighted by atomic mass is 10.1. The topological polar surface area (TPSA) is 39.2 Å². The monoisotopic (exact) mass is 419 g/mol. The Hall–Kier alpha value is -0.310. The van der Waals surface area contributed by atoms with Crippen LogP contribution in [-0.2, 0) is 16.0 Å². The summed E-state index contributed by atoms with van der Waals surface area (Å²) in [6, 6.07) is 1.48. The van der Waals surface area contributed by atoms with Crippen LogP contribution in [0.25, 0.3) is 0 Å². The quantitative estimate of drug-likeness (QED) is 0.426. The third kappa shape index (κ3) is 4.13. The van der Waals surface area contributed by atoms with Crippen LogP contribution in [0.4, 0.5) is 8.78 Å². The van der Waals surface area contributed by atoms with Gasteiger partial charge in [0.25, 0.3) is 6.43 Å². The average Bonchev–Trinajstić information content (AvgIpc) is 2.15. The van der Waals surface area contributed by atoms with E-state index in [9.17, 15) is 13.6 Å². The van der Waals surface area contributed by atoms with Gasteiger partial charge in [0, 0.05) is 4.47 Å². The zero-order valence-corrected chi connectivity index (χ0v) is 12.6. The van der Waals surface area contributed by atoms with E-state index in [0.717, 1.165) is 0 Å². The van der Waals surface area contributed by atoms with Crippen molar-refractivity contribution in [1.29, 1.82) is 0 Å². The first-order valence-corrected chi connectivity index (χ1v) is 6.61. The lowest BCUT2D eigenvalue weighted by molar-refractivity contribution is -0.142. The summed E-state index contributed by atoms with van der Waals surface area (Å²) in [6.45, 7) is 1.87. The minimum atomic E-state index is -2.68. The van der Waals surface area contributed by atoms with Crippen LogP contribution in [0, 0.1) is 3.70 Å². The zero-order chi connectivity index (χ0) is 13.0. The smallest absolute Gasteiger partial charge is 0.311 e. The molecule has 1 heterocycles. The van der Waals surface area contributed by atoms with Crippen LogP contribution >= 0.6 is 38.5 Å².